The van der Waals surface area contributed by atoms with Crippen LogP contribution in [0, 0.1) is 5.92 Å². The Hall–Kier alpha value is -0.0900. The van der Waals surface area contributed by atoms with E-state index in [9.17, 15) is 8.42 Å². The molecule has 0 aromatic carbocycles. The van der Waals surface area contributed by atoms with Gasteiger partial charge >= 0.3 is 0 Å². The molecule has 0 aliphatic heterocycles. The Labute approximate surface area is 106 Å². The minimum Gasteiger partial charge on any atom is -0.212 e. The molecule has 1 N–H and O–H groups in total. The first-order chi connectivity index (χ1) is 7.99. The van der Waals surface area contributed by atoms with Crippen LogP contribution in [0.25, 0.3) is 0 Å². The maximum Gasteiger partial charge on any atom is 0.211 e. The van der Waals surface area contributed by atoms with Crippen molar-refractivity contribution in [1.82, 2.24) is 4.72 Å². The van der Waals surface area contributed by atoms with E-state index in [1.54, 1.807) is 0 Å². The van der Waals surface area contributed by atoms with Crippen LogP contribution < -0.4 is 4.72 Å². The second-order valence-electron chi connectivity index (χ2n) is 5.66. The monoisotopic (exact) mass is 261 g/mol. The van der Waals surface area contributed by atoms with Gasteiger partial charge in [0.15, 0.2) is 0 Å². The highest BCUT2D eigenvalue weighted by molar-refractivity contribution is 7.89. The zero-order chi connectivity index (χ0) is 12.7. The van der Waals surface area contributed by atoms with E-state index >= 15 is 0 Å². The van der Waals surface area contributed by atoms with E-state index in [4.69, 9.17) is 0 Å². The molecule has 1 rings (SSSR count). The van der Waals surface area contributed by atoms with Crippen LogP contribution in [-0.4, -0.2) is 20.2 Å². The minimum absolute atomic E-state index is 0.187. The third-order valence-electron chi connectivity index (χ3n) is 3.42. The van der Waals surface area contributed by atoms with Crippen molar-refractivity contribution in [3.63, 3.8) is 0 Å². The molecule has 0 bridgehead atoms. The van der Waals surface area contributed by atoms with Gasteiger partial charge in [-0.2, -0.15) is 0 Å². The van der Waals surface area contributed by atoms with Crippen molar-refractivity contribution in [3.8, 4) is 0 Å². The van der Waals surface area contributed by atoms with Gasteiger partial charge in [-0.1, -0.05) is 46.0 Å². The molecule has 3 nitrogen and oxygen atoms in total. The molecule has 0 amide bonds. The van der Waals surface area contributed by atoms with E-state index < -0.39 is 10.0 Å². The topological polar surface area (TPSA) is 46.2 Å². The zero-order valence-corrected chi connectivity index (χ0v) is 12.1. The van der Waals surface area contributed by atoms with E-state index in [-0.39, 0.29) is 11.8 Å². The van der Waals surface area contributed by atoms with Gasteiger partial charge < -0.3 is 0 Å². The normalized spacial score (nSPS) is 20.2. The Bertz CT molecular complexity index is 291. The van der Waals surface area contributed by atoms with Crippen LogP contribution in [0.2, 0.25) is 0 Å². The fraction of sp³-hybridized carbons (Fsp3) is 1.00. The Morgan fingerprint density at radius 3 is 2.12 bits per heavy atom. The van der Waals surface area contributed by atoms with Crippen molar-refractivity contribution in [2.45, 2.75) is 71.3 Å². The van der Waals surface area contributed by atoms with Crippen molar-refractivity contribution in [3.05, 3.63) is 0 Å². The van der Waals surface area contributed by atoms with Gasteiger partial charge in [-0.15, -0.1) is 0 Å². The Morgan fingerprint density at radius 1 is 1.06 bits per heavy atom. The quantitative estimate of drug-likeness (QED) is 0.826. The number of hydrogen-bond acceptors (Lipinski definition) is 2. The van der Waals surface area contributed by atoms with Gasteiger partial charge in [-0.3, -0.25) is 0 Å². The van der Waals surface area contributed by atoms with Gasteiger partial charge in [0.05, 0.1) is 5.75 Å². The lowest BCUT2D eigenvalue weighted by Gasteiger charge is -2.21. The molecule has 0 atom stereocenters. The van der Waals surface area contributed by atoms with Gasteiger partial charge in [0.2, 0.25) is 10.0 Å². The van der Waals surface area contributed by atoms with Crippen LogP contribution in [-0.2, 0) is 10.0 Å². The smallest absolute Gasteiger partial charge is 0.211 e. The van der Waals surface area contributed by atoms with E-state index in [1.807, 2.05) is 0 Å². The van der Waals surface area contributed by atoms with Crippen LogP contribution in [0.1, 0.15) is 65.2 Å². The SMILES string of the molecule is CC(C)CCS(=O)(=O)NC1CCCCCCC1. The van der Waals surface area contributed by atoms with Crippen LogP contribution in [0.15, 0.2) is 0 Å². The largest absolute Gasteiger partial charge is 0.212 e. The van der Waals surface area contributed by atoms with E-state index in [1.165, 1.54) is 19.3 Å². The second kappa shape index (κ2) is 7.37. The lowest BCUT2D eigenvalue weighted by atomic mass is 9.97. The molecule has 0 unspecified atom stereocenters. The third kappa shape index (κ3) is 7.04. The third-order valence-corrected chi connectivity index (χ3v) is 4.88. The van der Waals surface area contributed by atoms with Crippen LogP contribution in [0.5, 0.6) is 0 Å². The van der Waals surface area contributed by atoms with Crippen LogP contribution >= 0.6 is 0 Å². The molecule has 1 aliphatic rings. The highest BCUT2D eigenvalue weighted by Crippen LogP contribution is 2.18. The average Bonchev–Trinajstić information content (AvgIpc) is 2.19. The van der Waals surface area contributed by atoms with Crippen LogP contribution in [0.4, 0.5) is 0 Å². The molecule has 0 saturated heterocycles. The lowest BCUT2D eigenvalue weighted by molar-refractivity contribution is 0.425. The van der Waals surface area contributed by atoms with E-state index in [0.717, 1.165) is 32.1 Å². The van der Waals surface area contributed by atoms with Crippen molar-refractivity contribution in [1.29, 1.82) is 0 Å². The molecule has 1 fully saturated rings. The summed E-state index contributed by atoms with van der Waals surface area (Å²) in [4.78, 5) is 0. The van der Waals surface area contributed by atoms with E-state index in [0.29, 0.717) is 5.92 Å². The summed E-state index contributed by atoms with van der Waals surface area (Å²) in [5, 5.41) is 0. The summed E-state index contributed by atoms with van der Waals surface area (Å²) in [5.74, 6) is 0.727. The predicted octanol–water partition coefficient (Wildman–Crippen LogP) is 3.06. The van der Waals surface area contributed by atoms with Crippen molar-refractivity contribution in [2.24, 2.45) is 5.92 Å². The first kappa shape index (κ1) is 15.0. The molecular weight excluding hydrogens is 234 g/mol. The summed E-state index contributed by atoms with van der Waals surface area (Å²) < 4.78 is 26.7. The summed E-state index contributed by atoms with van der Waals surface area (Å²) in [6, 6.07) is 0.187. The molecule has 17 heavy (non-hydrogen) atoms. The molecule has 0 aromatic rings. The molecule has 1 saturated carbocycles. The van der Waals surface area contributed by atoms with Crippen molar-refractivity contribution in [2.75, 3.05) is 5.75 Å². The molecule has 4 heteroatoms. The summed E-state index contributed by atoms with van der Waals surface area (Å²) >= 11 is 0. The minimum atomic E-state index is -3.05. The lowest BCUT2D eigenvalue weighted by Crippen LogP contribution is -2.37. The van der Waals surface area contributed by atoms with Gasteiger partial charge in [0.1, 0.15) is 0 Å². The molecule has 102 valence electrons. The Balaban J connectivity index is 2.38. The van der Waals surface area contributed by atoms with Crippen LogP contribution in [0.3, 0.4) is 0 Å². The van der Waals surface area contributed by atoms with Gasteiger partial charge in [-0.05, 0) is 25.2 Å². The number of nitrogens with one attached hydrogen (secondary N) is 1. The fourth-order valence-corrected chi connectivity index (χ4v) is 3.92. The van der Waals surface area contributed by atoms with Gasteiger partial charge in [0.25, 0.3) is 0 Å². The zero-order valence-electron chi connectivity index (χ0n) is 11.2. The number of hydrogen-bond donors (Lipinski definition) is 1. The van der Waals surface area contributed by atoms with Gasteiger partial charge in [0, 0.05) is 6.04 Å². The fourth-order valence-electron chi connectivity index (χ4n) is 2.28. The maximum absolute atomic E-state index is 11.9. The molecule has 0 aromatic heterocycles. The average molecular weight is 261 g/mol. The molecule has 1 aliphatic carbocycles. The van der Waals surface area contributed by atoms with Gasteiger partial charge in [-0.25, -0.2) is 13.1 Å². The Kier molecular flexibility index (Phi) is 6.49. The standard InChI is InChI=1S/C13H27NO2S/c1-12(2)10-11-17(15,16)14-13-8-6-4-3-5-7-9-13/h12-14H,3-11H2,1-2H3. The molecule has 0 spiro atoms. The predicted molar refractivity (Wildman–Crippen MR) is 72.5 cm³/mol. The van der Waals surface area contributed by atoms with Crippen molar-refractivity contribution < 1.29 is 8.42 Å². The number of rotatable bonds is 5. The molecule has 0 heterocycles. The van der Waals surface area contributed by atoms with E-state index in [2.05, 4.69) is 18.6 Å². The highest BCUT2D eigenvalue weighted by atomic mass is 32.2. The summed E-state index contributed by atoms with van der Waals surface area (Å²) in [5.41, 5.74) is 0. The first-order valence-electron chi connectivity index (χ1n) is 6.99. The maximum atomic E-state index is 11.9. The highest BCUT2D eigenvalue weighted by Gasteiger charge is 2.18. The van der Waals surface area contributed by atoms with Crippen molar-refractivity contribution >= 4 is 10.0 Å². The summed E-state index contributed by atoms with van der Waals surface area (Å²) in [6.07, 6.45) is 8.93. The Morgan fingerprint density at radius 2 is 1.59 bits per heavy atom. The second-order valence-corrected chi connectivity index (χ2v) is 7.53. The molecule has 0 radical (unpaired) electrons. The summed E-state index contributed by atoms with van der Waals surface area (Å²) in [6.45, 7) is 4.12. The first-order valence-corrected chi connectivity index (χ1v) is 8.65. The molecular formula is C13H27NO2S. The summed E-state index contributed by atoms with van der Waals surface area (Å²) in [7, 11) is -3.05. The number of sulfonamides is 1.